The summed E-state index contributed by atoms with van der Waals surface area (Å²) in [7, 11) is 0. The number of carbonyl (C=O) groups is 1. The minimum Gasteiger partial charge on any atom is -0.325 e. The summed E-state index contributed by atoms with van der Waals surface area (Å²) in [4.78, 5) is 12.7. The van der Waals surface area contributed by atoms with Crippen molar-refractivity contribution in [3.05, 3.63) is 64.4 Å². The van der Waals surface area contributed by atoms with Crippen LogP contribution in [0.15, 0.2) is 42.5 Å². The highest BCUT2D eigenvalue weighted by molar-refractivity contribution is 6.31. The second-order valence-corrected chi connectivity index (χ2v) is 6.15. The number of hydrogen-bond acceptors (Lipinski definition) is 2. The van der Waals surface area contributed by atoms with Crippen molar-refractivity contribution in [2.45, 2.75) is 17.9 Å². The highest BCUT2D eigenvalue weighted by Gasteiger charge is 2.56. The Labute approximate surface area is 132 Å². The molecule has 2 aliphatic rings. The van der Waals surface area contributed by atoms with Gasteiger partial charge in [0.25, 0.3) is 0 Å². The summed E-state index contributed by atoms with van der Waals surface area (Å²) in [5, 5.41) is 6.54. The van der Waals surface area contributed by atoms with Gasteiger partial charge < -0.3 is 10.6 Å². The zero-order chi connectivity index (χ0) is 15.3. The zero-order valence-electron chi connectivity index (χ0n) is 11.7. The molecule has 112 valence electrons. The molecule has 2 aromatic rings. The van der Waals surface area contributed by atoms with Crippen molar-refractivity contribution < 1.29 is 9.18 Å². The Bertz CT molecular complexity index is 759. The molecule has 0 unspecified atom stereocenters. The lowest BCUT2D eigenvalue weighted by atomic mass is 9.73. The van der Waals surface area contributed by atoms with E-state index < -0.39 is 11.5 Å². The van der Waals surface area contributed by atoms with Crippen LogP contribution in [-0.4, -0.2) is 12.5 Å². The van der Waals surface area contributed by atoms with Gasteiger partial charge in [-0.3, -0.25) is 4.79 Å². The molecule has 2 aromatic carbocycles. The molecule has 1 saturated heterocycles. The summed E-state index contributed by atoms with van der Waals surface area (Å²) < 4.78 is 14.4. The average molecular weight is 317 g/mol. The first-order valence-electron chi connectivity index (χ1n) is 7.23. The molecule has 0 radical (unpaired) electrons. The number of para-hydroxylation sites is 1. The van der Waals surface area contributed by atoms with Crippen molar-refractivity contribution in [3.8, 4) is 0 Å². The van der Waals surface area contributed by atoms with Gasteiger partial charge in [-0.25, -0.2) is 4.39 Å². The molecule has 1 amide bonds. The molecule has 3 nitrogen and oxygen atoms in total. The standard InChI is InChI=1S/C17H14ClFN2O/c18-11-5-3-6-12(19)14(11)15-17(8-9-20-15)10-4-1-2-7-13(10)21-16(17)22/h1-7,15,20H,8-9H2,(H,21,22)/t15-,17-/m0/s1. The minimum atomic E-state index is -0.803. The van der Waals surface area contributed by atoms with E-state index in [1.807, 2.05) is 24.3 Å². The van der Waals surface area contributed by atoms with E-state index in [4.69, 9.17) is 11.6 Å². The van der Waals surface area contributed by atoms with Gasteiger partial charge >= 0.3 is 0 Å². The monoisotopic (exact) mass is 316 g/mol. The second-order valence-electron chi connectivity index (χ2n) is 5.74. The maximum atomic E-state index is 14.4. The number of anilines is 1. The third kappa shape index (κ3) is 1.68. The SMILES string of the molecule is O=C1Nc2ccccc2[C@]12CCN[C@H]2c1c(F)cccc1Cl. The second kappa shape index (κ2) is 4.80. The highest BCUT2D eigenvalue weighted by atomic mass is 35.5. The molecule has 2 heterocycles. The molecule has 1 fully saturated rings. The smallest absolute Gasteiger partial charge is 0.237 e. The van der Waals surface area contributed by atoms with E-state index in [9.17, 15) is 9.18 Å². The molecule has 22 heavy (non-hydrogen) atoms. The summed E-state index contributed by atoms with van der Waals surface area (Å²) in [6, 6.07) is 11.7. The maximum absolute atomic E-state index is 14.4. The van der Waals surface area contributed by atoms with Crippen molar-refractivity contribution in [3.63, 3.8) is 0 Å². The number of hydrogen-bond donors (Lipinski definition) is 2. The summed E-state index contributed by atoms with van der Waals surface area (Å²) in [6.45, 7) is 0.636. The Morgan fingerprint density at radius 2 is 2.00 bits per heavy atom. The normalized spacial score (nSPS) is 26.3. The van der Waals surface area contributed by atoms with Gasteiger partial charge in [-0.1, -0.05) is 35.9 Å². The molecule has 2 atom stereocenters. The minimum absolute atomic E-state index is 0.0944. The predicted octanol–water partition coefficient (Wildman–Crippen LogP) is 3.40. The van der Waals surface area contributed by atoms with Crippen molar-refractivity contribution >= 4 is 23.2 Å². The number of amides is 1. The van der Waals surface area contributed by atoms with E-state index in [2.05, 4.69) is 10.6 Å². The number of halogens is 2. The van der Waals surface area contributed by atoms with Crippen LogP contribution < -0.4 is 10.6 Å². The Hall–Kier alpha value is -1.91. The van der Waals surface area contributed by atoms with Crippen LogP contribution in [0.1, 0.15) is 23.6 Å². The van der Waals surface area contributed by atoms with Crippen molar-refractivity contribution in [1.29, 1.82) is 0 Å². The van der Waals surface area contributed by atoms with Crippen LogP contribution in [0.25, 0.3) is 0 Å². The summed E-state index contributed by atoms with van der Waals surface area (Å²) in [5.74, 6) is -0.480. The number of fused-ring (bicyclic) bond motifs is 2. The topological polar surface area (TPSA) is 41.1 Å². The van der Waals surface area contributed by atoms with E-state index in [1.165, 1.54) is 6.07 Å². The Morgan fingerprint density at radius 3 is 2.82 bits per heavy atom. The van der Waals surface area contributed by atoms with Crippen molar-refractivity contribution in [2.75, 3.05) is 11.9 Å². The summed E-state index contributed by atoms with van der Waals surface area (Å²) in [5.41, 5.74) is 1.28. The molecule has 5 heteroatoms. The fourth-order valence-electron chi connectivity index (χ4n) is 3.74. The largest absolute Gasteiger partial charge is 0.325 e. The van der Waals surface area contributed by atoms with Gasteiger partial charge in [0, 0.05) is 16.3 Å². The van der Waals surface area contributed by atoms with Gasteiger partial charge in [-0.15, -0.1) is 0 Å². The lowest BCUT2D eigenvalue weighted by Crippen LogP contribution is -2.40. The fraction of sp³-hybridized carbons (Fsp3) is 0.235. The molecule has 0 aliphatic carbocycles. The number of benzene rings is 2. The van der Waals surface area contributed by atoms with Crippen LogP contribution >= 0.6 is 11.6 Å². The van der Waals surface area contributed by atoms with E-state index in [1.54, 1.807) is 12.1 Å². The molecule has 0 saturated carbocycles. The van der Waals surface area contributed by atoms with Gasteiger partial charge in [-0.2, -0.15) is 0 Å². The van der Waals surface area contributed by atoms with E-state index in [0.29, 0.717) is 23.6 Å². The first-order chi connectivity index (χ1) is 10.6. The van der Waals surface area contributed by atoms with Crippen LogP contribution in [0.3, 0.4) is 0 Å². The van der Waals surface area contributed by atoms with Crippen LogP contribution in [-0.2, 0) is 10.2 Å². The maximum Gasteiger partial charge on any atom is 0.237 e. The van der Waals surface area contributed by atoms with Gasteiger partial charge in [0.2, 0.25) is 5.91 Å². The van der Waals surface area contributed by atoms with Gasteiger partial charge in [0.1, 0.15) is 5.82 Å². The van der Waals surface area contributed by atoms with E-state index in [-0.39, 0.29) is 11.7 Å². The average Bonchev–Trinajstić information content (AvgIpc) is 3.04. The van der Waals surface area contributed by atoms with Crippen LogP contribution in [0.2, 0.25) is 5.02 Å². The zero-order valence-corrected chi connectivity index (χ0v) is 12.5. The van der Waals surface area contributed by atoms with Crippen LogP contribution in [0.5, 0.6) is 0 Å². The lowest BCUT2D eigenvalue weighted by Gasteiger charge is -2.30. The lowest BCUT2D eigenvalue weighted by molar-refractivity contribution is -0.121. The molecular weight excluding hydrogens is 303 g/mol. The molecule has 4 rings (SSSR count). The summed E-state index contributed by atoms with van der Waals surface area (Å²) >= 11 is 6.23. The van der Waals surface area contributed by atoms with Crippen molar-refractivity contribution in [2.24, 2.45) is 0 Å². The number of nitrogens with one attached hydrogen (secondary N) is 2. The highest BCUT2D eigenvalue weighted by Crippen LogP contribution is 2.52. The van der Waals surface area contributed by atoms with Crippen LogP contribution in [0.4, 0.5) is 10.1 Å². The molecular formula is C17H14ClFN2O. The predicted molar refractivity (Wildman–Crippen MR) is 83.5 cm³/mol. The molecule has 2 aliphatic heterocycles. The molecule has 0 aromatic heterocycles. The van der Waals surface area contributed by atoms with Gasteiger partial charge in [0.15, 0.2) is 0 Å². The third-order valence-corrected chi connectivity index (χ3v) is 5.04. The van der Waals surface area contributed by atoms with Gasteiger partial charge in [0.05, 0.1) is 11.5 Å². The van der Waals surface area contributed by atoms with E-state index in [0.717, 1.165) is 11.3 Å². The number of rotatable bonds is 1. The third-order valence-electron chi connectivity index (χ3n) is 4.71. The van der Waals surface area contributed by atoms with Gasteiger partial charge in [-0.05, 0) is 36.7 Å². The Morgan fingerprint density at radius 1 is 1.18 bits per heavy atom. The fourth-order valence-corrected chi connectivity index (χ4v) is 4.01. The molecule has 2 N–H and O–H groups in total. The first kappa shape index (κ1) is 13.7. The Balaban J connectivity index is 1.94. The Kier molecular flexibility index (Phi) is 2.99. The first-order valence-corrected chi connectivity index (χ1v) is 7.60. The van der Waals surface area contributed by atoms with Crippen LogP contribution in [0, 0.1) is 5.82 Å². The van der Waals surface area contributed by atoms with E-state index >= 15 is 0 Å². The number of carbonyl (C=O) groups excluding carboxylic acids is 1. The molecule has 0 bridgehead atoms. The molecule has 1 spiro atoms. The van der Waals surface area contributed by atoms with Crippen molar-refractivity contribution in [1.82, 2.24) is 5.32 Å². The summed E-state index contributed by atoms with van der Waals surface area (Å²) in [6.07, 6.45) is 0.616. The quantitative estimate of drug-likeness (QED) is 0.846.